The zero-order chi connectivity index (χ0) is 14.1. The number of carbonyl (C=O) groups is 1. The number of carbonyl (C=O) groups excluding carboxylic acids is 1. The van der Waals surface area contributed by atoms with Gasteiger partial charge in [0, 0.05) is 17.4 Å². The standard InChI is InChI=1S/C14H10ClN3O2/c1-20-14(19)12-11(9-3-5-10(15)6-4-9)13-16-7-2-8-18(13)17-12/h2-8H,1H3. The Labute approximate surface area is 119 Å². The average molecular weight is 288 g/mol. The molecule has 5 nitrogen and oxygen atoms in total. The lowest BCUT2D eigenvalue weighted by molar-refractivity contribution is 0.0594. The largest absolute Gasteiger partial charge is 0.464 e. The van der Waals surface area contributed by atoms with Crippen LogP contribution < -0.4 is 0 Å². The smallest absolute Gasteiger partial charge is 0.359 e. The lowest BCUT2D eigenvalue weighted by Gasteiger charge is -2.02. The van der Waals surface area contributed by atoms with E-state index in [0.29, 0.717) is 16.2 Å². The fraction of sp³-hybridized carbons (Fsp3) is 0.0714. The normalized spacial score (nSPS) is 10.7. The van der Waals surface area contributed by atoms with Gasteiger partial charge in [0.2, 0.25) is 0 Å². The van der Waals surface area contributed by atoms with Crippen LogP contribution in [0, 0.1) is 0 Å². The molecule has 0 fully saturated rings. The molecule has 3 aromatic rings. The van der Waals surface area contributed by atoms with Crippen molar-refractivity contribution in [1.82, 2.24) is 14.6 Å². The van der Waals surface area contributed by atoms with Gasteiger partial charge in [0.1, 0.15) is 0 Å². The quantitative estimate of drug-likeness (QED) is 0.680. The summed E-state index contributed by atoms with van der Waals surface area (Å²) in [6, 6.07) is 8.89. The van der Waals surface area contributed by atoms with Crippen molar-refractivity contribution in [3.05, 3.63) is 53.4 Å². The Hall–Kier alpha value is -2.40. The van der Waals surface area contributed by atoms with Gasteiger partial charge in [-0.25, -0.2) is 14.3 Å². The third-order valence-corrected chi connectivity index (χ3v) is 3.16. The molecule has 0 unspecified atom stereocenters. The number of rotatable bonds is 2. The summed E-state index contributed by atoms with van der Waals surface area (Å²) in [6.07, 6.45) is 3.38. The number of ether oxygens (including phenoxy) is 1. The number of benzene rings is 1. The Bertz CT molecular complexity index is 781. The van der Waals surface area contributed by atoms with E-state index in [1.807, 2.05) is 12.1 Å². The van der Waals surface area contributed by atoms with Crippen molar-refractivity contribution in [1.29, 1.82) is 0 Å². The second-order valence-corrected chi connectivity index (χ2v) is 4.55. The van der Waals surface area contributed by atoms with Crippen molar-refractivity contribution in [2.45, 2.75) is 0 Å². The van der Waals surface area contributed by atoms with E-state index in [2.05, 4.69) is 10.1 Å². The van der Waals surface area contributed by atoms with Crippen LogP contribution in [0.5, 0.6) is 0 Å². The molecular formula is C14H10ClN3O2. The van der Waals surface area contributed by atoms with E-state index in [-0.39, 0.29) is 5.69 Å². The van der Waals surface area contributed by atoms with Gasteiger partial charge < -0.3 is 4.74 Å². The maximum atomic E-state index is 11.9. The molecule has 6 heteroatoms. The maximum Gasteiger partial charge on any atom is 0.359 e. The van der Waals surface area contributed by atoms with Crippen molar-refractivity contribution < 1.29 is 9.53 Å². The molecule has 0 saturated heterocycles. The fourth-order valence-corrected chi connectivity index (χ4v) is 2.13. The third kappa shape index (κ3) is 2.02. The molecule has 0 atom stereocenters. The zero-order valence-corrected chi connectivity index (χ0v) is 11.3. The predicted molar refractivity (Wildman–Crippen MR) is 74.8 cm³/mol. The Balaban J connectivity index is 2.31. The topological polar surface area (TPSA) is 56.5 Å². The zero-order valence-electron chi connectivity index (χ0n) is 10.6. The van der Waals surface area contributed by atoms with Crippen LogP contribution in [-0.4, -0.2) is 27.7 Å². The van der Waals surface area contributed by atoms with E-state index in [9.17, 15) is 4.79 Å². The van der Waals surface area contributed by atoms with Gasteiger partial charge in [0.25, 0.3) is 0 Å². The van der Waals surface area contributed by atoms with E-state index in [1.54, 1.807) is 35.1 Å². The van der Waals surface area contributed by atoms with Crippen LogP contribution in [0.15, 0.2) is 42.7 Å². The van der Waals surface area contributed by atoms with Crippen molar-refractivity contribution in [3.63, 3.8) is 0 Å². The number of esters is 1. The first-order valence-electron chi connectivity index (χ1n) is 5.88. The van der Waals surface area contributed by atoms with Crippen LogP contribution in [0.1, 0.15) is 10.5 Å². The minimum atomic E-state index is -0.500. The molecule has 100 valence electrons. The summed E-state index contributed by atoms with van der Waals surface area (Å²) < 4.78 is 6.33. The number of aromatic nitrogens is 3. The van der Waals surface area contributed by atoms with Crippen molar-refractivity contribution in [2.24, 2.45) is 0 Å². The van der Waals surface area contributed by atoms with Crippen LogP contribution in [0.3, 0.4) is 0 Å². The highest BCUT2D eigenvalue weighted by atomic mass is 35.5. The Kier molecular flexibility index (Phi) is 3.12. The minimum Gasteiger partial charge on any atom is -0.464 e. The molecule has 1 aromatic carbocycles. The molecule has 2 heterocycles. The summed E-state index contributed by atoms with van der Waals surface area (Å²) in [5.41, 5.74) is 2.27. The van der Waals surface area contributed by atoms with Gasteiger partial charge in [0.15, 0.2) is 11.3 Å². The van der Waals surface area contributed by atoms with E-state index >= 15 is 0 Å². The lowest BCUT2D eigenvalue weighted by atomic mass is 10.1. The lowest BCUT2D eigenvalue weighted by Crippen LogP contribution is -2.03. The monoisotopic (exact) mass is 287 g/mol. The molecule has 0 aliphatic rings. The molecule has 3 rings (SSSR count). The van der Waals surface area contributed by atoms with Crippen LogP contribution >= 0.6 is 11.6 Å². The highest BCUT2D eigenvalue weighted by molar-refractivity contribution is 6.30. The first-order valence-corrected chi connectivity index (χ1v) is 6.26. The van der Waals surface area contributed by atoms with Gasteiger partial charge >= 0.3 is 5.97 Å². The molecule has 0 radical (unpaired) electrons. The molecule has 0 N–H and O–H groups in total. The predicted octanol–water partition coefficient (Wildman–Crippen LogP) is 2.84. The van der Waals surface area contributed by atoms with E-state index < -0.39 is 5.97 Å². The number of hydrogen-bond donors (Lipinski definition) is 0. The average Bonchev–Trinajstić information content (AvgIpc) is 2.87. The number of nitrogens with zero attached hydrogens (tertiary/aromatic N) is 3. The summed E-state index contributed by atoms with van der Waals surface area (Å²) >= 11 is 5.89. The molecule has 0 aliphatic heterocycles. The minimum absolute atomic E-state index is 0.230. The molecule has 2 aromatic heterocycles. The van der Waals surface area contributed by atoms with Crippen molar-refractivity contribution >= 4 is 23.2 Å². The van der Waals surface area contributed by atoms with Gasteiger partial charge in [0.05, 0.1) is 12.7 Å². The van der Waals surface area contributed by atoms with Crippen LogP contribution in [-0.2, 0) is 4.74 Å². The number of fused-ring (bicyclic) bond motifs is 1. The van der Waals surface area contributed by atoms with Gasteiger partial charge in [-0.1, -0.05) is 23.7 Å². The molecule has 0 saturated carbocycles. The summed E-state index contributed by atoms with van der Waals surface area (Å²) in [6.45, 7) is 0. The van der Waals surface area contributed by atoms with Crippen LogP contribution in [0.2, 0.25) is 5.02 Å². The second kappa shape index (κ2) is 4.94. The Morgan fingerprint density at radius 3 is 2.75 bits per heavy atom. The molecule has 0 bridgehead atoms. The summed E-state index contributed by atoms with van der Waals surface area (Å²) in [5, 5.41) is 4.85. The number of hydrogen-bond acceptors (Lipinski definition) is 4. The Morgan fingerprint density at radius 2 is 2.05 bits per heavy atom. The van der Waals surface area contributed by atoms with Crippen molar-refractivity contribution in [3.8, 4) is 11.1 Å². The molecular weight excluding hydrogens is 278 g/mol. The maximum absolute atomic E-state index is 11.9. The summed E-state index contributed by atoms with van der Waals surface area (Å²) in [5.74, 6) is -0.500. The van der Waals surface area contributed by atoms with Crippen LogP contribution in [0.25, 0.3) is 16.8 Å². The van der Waals surface area contributed by atoms with Gasteiger partial charge in [-0.15, -0.1) is 0 Å². The highest BCUT2D eigenvalue weighted by Crippen LogP contribution is 2.28. The molecule has 20 heavy (non-hydrogen) atoms. The second-order valence-electron chi connectivity index (χ2n) is 4.11. The third-order valence-electron chi connectivity index (χ3n) is 2.91. The highest BCUT2D eigenvalue weighted by Gasteiger charge is 2.21. The Morgan fingerprint density at radius 1 is 1.30 bits per heavy atom. The van der Waals surface area contributed by atoms with E-state index in [4.69, 9.17) is 16.3 Å². The van der Waals surface area contributed by atoms with Gasteiger partial charge in [-0.3, -0.25) is 0 Å². The van der Waals surface area contributed by atoms with Gasteiger partial charge in [-0.05, 0) is 23.8 Å². The fourth-order valence-electron chi connectivity index (χ4n) is 2.01. The van der Waals surface area contributed by atoms with E-state index in [1.165, 1.54) is 7.11 Å². The molecule has 0 aliphatic carbocycles. The SMILES string of the molecule is COC(=O)c1nn2cccnc2c1-c1ccc(Cl)cc1. The van der Waals surface area contributed by atoms with E-state index in [0.717, 1.165) is 5.56 Å². The van der Waals surface area contributed by atoms with Crippen LogP contribution in [0.4, 0.5) is 0 Å². The molecule has 0 spiro atoms. The number of methoxy groups -OCH3 is 1. The van der Waals surface area contributed by atoms with Crippen molar-refractivity contribution in [2.75, 3.05) is 7.11 Å². The first kappa shape index (κ1) is 12.6. The summed E-state index contributed by atoms with van der Waals surface area (Å²) in [7, 11) is 1.32. The first-order chi connectivity index (χ1) is 9.70. The molecule has 0 amide bonds. The van der Waals surface area contributed by atoms with Gasteiger partial charge in [-0.2, -0.15) is 5.10 Å². The summed E-state index contributed by atoms with van der Waals surface area (Å²) in [4.78, 5) is 16.2. The number of halogens is 1.